The first kappa shape index (κ1) is 14.0. The average Bonchev–Trinajstić information content (AvgIpc) is 3.01. The zero-order valence-corrected chi connectivity index (χ0v) is 12.3. The van der Waals surface area contributed by atoms with Crippen molar-refractivity contribution in [3.8, 4) is 0 Å². The molecule has 2 heterocycles. The Bertz CT molecular complexity index is 411. The zero-order valence-electron chi connectivity index (χ0n) is 12.3. The van der Waals surface area contributed by atoms with Crippen molar-refractivity contribution in [2.45, 2.75) is 37.3 Å². The highest BCUT2D eigenvalue weighted by atomic mass is 16.5. The van der Waals surface area contributed by atoms with Gasteiger partial charge >= 0.3 is 0 Å². The van der Waals surface area contributed by atoms with E-state index in [4.69, 9.17) is 4.74 Å². The molecule has 1 aromatic heterocycles. The highest BCUT2D eigenvalue weighted by molar-refractivity contribution is 5.21. The molecule has 2 aliphatic rings. The lowest BCUT2D eigenvalue weighted by Crippen LogP contribution is -2.57. The van der Waals surface area contributed by atoms with Gasteiger partial charge in [-0.25, -0.2) is 0 Å². The van der Waals surface area contributed by atoms with E-state index in [1.54, 1.807) is 0 Å². The lowest BCUT2D eigenvalue weighted by Gasteiger charge is -2.48. The molecule has 1 saturated carbocycles. The Balaban J connectivity index is 1.91. The fraction of sp³-hybridized carbons (Fsp3) is 0.688. The first-order chi connectivity index (χ1) is 9.87. The van der Waals surface area contributed by atoms with Crippen LogP contribution in [0.15, 0.2) is 24.5 Å². The molecule has 0 radical (unpaired) electrons. The van der Waals surface area contributed by atoms with Crippen LogP contribution in [0.1, 0.15) is 37.3 Å². The number of ether oxygens (including phenoxy) is 1. The summed E-state index contributed by atoms with van der Waals surface area (Å²) < 4.78 is 5.55. The fourth-order valence-electron chi connectivity index (χ4n) is 4.08. The second-order valence-electron chi connectivity index (χ2n) is 5.92. The van der Waals surface area contributed by atoms with Crippen LogP contribution in [0.25, 0.3) is 0 Å². The molecule has 1 aliphatic carbocycles. The van der Waals surface area contributed by atoms with E-state index in [0.29, 0.717) is 6.04 Å². The lowest BCUT2D eigenvalue weighted by molar-refractivity contribution is -0.0354. The zero-order chi connectivity index (χ0) is 13.8. The SMILES string of the molecule is CNC(c1cccnc1)C1(N2CCOCC2)CCCC1. The van der Waals surface area contributed by atoms with Crippen molar-refractivity contribution >= 4 is 0 Å². The van der Waals surface area contributed by atoms with E-state index in [-0.39, 0.29) is 5.54 Å². The number of nitrogens with zero attached hydrogens (tertiary/aromatic N) is 2. The molecule has 0 spiro atoms. The molecule has 1 unspecified atom stereocenters. The van der Waals surface area contributed by atoms with E-state index >= 15 is 0 Å². The van der Waals surface area contributed by atoms with Gasteiger partial charge in [0.25, 0.3) is 0 Å². The third-order valence-electron chi connectivity index (χ3n) is 4.95. The second kappa shape index (κ2) is 6.20. The predicted molar refractivity (Wildman–Crippen MR) is 79.6 cm³/mol. The number of hydrogen-bond acceptors (Lipinski definition) is 4. The highest BCUT2D eigenvalue weighted by Crippen LogP contribution is 2.44. The third-order valence-corrected chi connectivity index (χ3v) is 4.95. The van der Waals surface area contributed by atoms with Gasteiger partial charge in [0.2, 0.25) is 0 Å². The van der Waals surface area contributed by atoms with Crippen LogP contribution in [0, 0.1) is 0 Å². The molecule has 4 heteroatoms. The van der Waals surface area contributed by atoms with E-state index in [1.165, 1.54) is 31.2 Å². The summed E-state index contributed by atoms with van der Waals surface area (Å²) in [7, 11) is 2.08. The summed E-state index contributed by atoms with van der Waals surface area (Å²) in [5.74, 6) is 0. The van der Waals surface area contributed by atoms with Crippen LogP contribution in [-0.4, -0.2) is 48.8 Å². The second-order valence-corrected chi connectivity index (χ2v) is 5.92. The summed E-state index contributed by atoms with van der Waals surface area (Å²) in [4.78, 5) is 6.98. The topological polar surface area (TPSA) is 37.4 Å². The van der Waals surface area contributed by atoms with Gasteiger partial charge in [-0.2, -0.15) is 0 Å². The van der Waals surface area contributed by atoms with Gasteiger partial charge in [-0.1, -0.05) is 18.9 Å². The van der Waals surface area contributed by atoms with Crippen LogP contribution in [-0.2, 0) is 4.74 Å². The van der Waals surface area contributed by atoms with Gasteiger partial charge in [0.05, 0.1) is 19.3 Å². The summed E-state index contributed by atoms with van der Waals surface area (Å²) in [6, 6.07) is 4.60. The Morgan fingerprint density at radius 2 is 2.05 bits per heavy atom. The van der Waals surface area contributed by atoms with Gasteiger partial charge in [0.15, 0.2) is 0 Å². The number of pyridine rings is 1. The summed E-state index contributed by atoms with van der Waals surface area (Å²) in [6.45, 7) is 3.84. The van der Waals surface area contributed by atoms with Crippen molar-refractivity contribution in [3.63, 3.8) is 0 Å². The van der Waals surface area contributed by atoms with Gasteiger partial charge in [-0.3, -0.25) is 9.88 Å². The number of likely N-dealkylation sites (N-methyl/N-ethyl adjacent to an activating group) is 1. The minimum Gasteiger partial charge on any atom is -0.379 e. The van der Waals surface area contributed by atoms with Crippen molar-refractivity contribution in [3.05, 3.63) is 30.1 Å². The van der Waals surface area contributed by atoms with E-state index < -0.39 is 0 Å². The molecule has 3 rings (SSSR count). The maximum absolute atomic E-state index is 5.55. The molecular formula is C16H25N3O. The van der Waals surface area contributed by atoms with Crippen LogP contribution in [0.2, 0.25) is 0 Å². The minimum atomic E-state index is 0.238. The highest BCUT2D eigenvalue weighted by Gasteiger charge is 2.46. The number of nitrogens with one attached hydrogen (secondary N) is 1. The van der Waals surface area contributed by atoms with Gasteiger partial charge in [-0.05, 0) is 31.5 Å². The molecule has 110 valence electrons. The van der Waals surface area contributed by atoms with Crippen molar-refractivity contribution in [1.82, 2.24) is 15.2 Å². The molecule has 1 aliphatic heterocycles. The number of morpholine rings is 1. The lowest BCUT2D eigenvalue weighted by atomic mass is 9.82. The molecule has 0 bridgehead atoms. The molecule has 1 aromatic rings. The monoisotopic (exact) mass is 275 g/mol. The standard InChI is InChI=1S/C16H25N3O/c1-17-15(14-5-4-8-18-13-14)16(6-2-3-7-16)19-9-11-20-12-10-19/h4-5,8,13,15,17H,2-3,6-7,9-12H2,1H3. The Labute approximate surface area is 121 Å². The predicted octanol–water partition coefficient (Wildman–Crippen LogP) is 1.99. The van der Waals surface area contributed by atoms with Gasteiger partial charge in [0, 0.05) is 31.0 Å². The van der Waals surface area contributed by atoms with Crippen molar-refractivity contribution in [2.24, 2.45) is 0 Å². The third kappa shape index (κ3) is 2.48. The van der Waals surface area contributed by atoms with E-state index in [1.807, 2.05) is 18.5 Å². The Kier molecular flexibility index (Phi) is 4.34. The molecule has 0 aromatic carbocycles. The molecule has 1 N–H and O–H groups in total. The van der Waals surface area contributed by atoms with Crippen LogP contribution in [0.5, 0.6) is 0 Å². The summed E-state index contributed by atoms with van der Waals surface area (Å²) in [6.07, 6.45) is 9.07. The number of hydrogen-bond donors (Lipinski definition) is 1. The van der Waals surface area contributed by atoms with Crippen LogP contribution >= 0.6 is 0 Å². The molecule has 4 nitrogen and oxygen atoms in total. The van der Waals surface area contributed by atoms with Crippen molar-refractivity contribution < 1.29 is 4.74 Å². The maximum atomic E-state index is 5.55. The van der Waals surface area contributed by atoms with Crippen LogP contribution in [0.3, 0.4) is 0 Å². The Hall–Kier alpha value is -0.970. The first-order valence-electron chi connectivity index (χ1n) is 7.77. The van der Waals surface area contributed by atoms with E-state index in [0.717, 1.165) is 26.3 Å². The molecule has 2 fully saturated rings. The van der Waals surface area contributed by atoms with Gasteiger partial charge in [0.1, 0.15) is 0 Å². The summed E-state index contributed by atoms with van der Waals surface area (Å²) in [5, 5.41) is 3.58. The van der Waals surface area contributed by atoms with Crippen LogP contribution in [0.4, 0.5) is 0 Å². The minimum absolute atomic E-state index is 0.238. The molecular weight excluding hydrogens is 250 g/mol. The summed E-state index contributed by atoms with van der Waals surface area (Å²) >= 11 is 0. The van der Waals surface area contributed by atoms with Gasteiger partial charge < -0.3 is 10.1 Å². The average molecular weight is 275 g/mol. The number of aromatic nitrogens is 1. The first-order valence-corrected chi connectivity index (χ1v) is 7.77. The van der Waals surface area contributed by atoms with Crippen LogP contribution < -0.4 is 5.32 Å². The normalized spacial score (nSPS) is 24.6. The van der Waals surface area contributed by atoms with E-state index in [9.17, 15) is 0 Å². The van der Waals surface area contributed by atoms with E-state index in [2.05, 4.69) is 28.3 Å². The quantitative estimate of drug-likeness (QED) is 0.912. The molecule has 1 saturated heterocycles. The van der Waals surface area contributed by atoms with Crippen molar-refractivity contribution in [1.29, 1.82) is 0 Å². The van der Waals surface area contributed by atoms with Gasteiger partial charge in [-0.15, -0.1) is 0 Å². The van der Waals surface area contributed by atoms with Crippen molar-refractivity contribution in [2.75, 3.05) is 33.4 Å². The molecule has 20 heavy (non-hydrogen) atoms. The molecule has 0 amide bonds. The maximum Gasteiger partial charge on any atom is 0.0594 e. The molecule has 1 atom stereocenters. The smallest absolute Gasteiger partial charge is 0.0594 e. The fourth-order valence-corrected chi connectivity index (χ4v) is 4.08. The Morgan fingerprint density at radius 1 is 1.30 bits per heavy atom. The largest absolute Gasteiger partial charge is 0.379 e. The number of rotatable bonds is 4. The summed E-state index contributed by atoms with van der Waals surface area (Å²) in [5.41, 5.74) is 1.55. The Morgan fingerprint density at radius 3 is 2.65 bits per heavy atom.